The molecule has 1 unspecified atom stereocenters. The summed E-state index contributed by atoms with van der Waals surface area (Å²) in [7, 11) is 0. The minimum Gasteiger partial charge on any atom is -0.374 e. The molecule has 0 saturated carbocycles. The molecule has 0 aromatic heterocycles. The van der Waals surface area contributed by atoms with Crippen molar-refractivity contribution >= 4 is 11.7 Å². The molecule has 0 radical (unpaired) electrons. The van der Waals surface area contributed by atoms with Crippen molar-refractivity contribution in [2.45, 2.75) is 20.0 Å². The molecule has 1 aliphatic heterocycles. The highest BCUT2D eigenvalue weighted by atomic mass is 19.1. The Kier molecular flexibility index (Phi) is 6.29. The van der Waals surface area contributed by atoms with Gasteiger partial charge in [0.25, 0.3) is 0 Å². The standard InChI is InChI=1S/C16H23F2N3O2/c1-11(2)9-21-3-4-23-15(10-21)8-19-16(22)20-14-6-12(17)5-13(18)7-14/h5-7,11,15H,3-4,8-10H2,1-2H3,(H2,19,20,22). The molecule has 2 rings (SSSR count). The fourth-order valence-corrected chi connectivity index (χ4v) is 2.59. The first kappa shape index (κ1) is 17.6. The first-order valence-corrected chi connectivity index (χ1v) is 7.77. The van der Waals surface area contributed by atoms with E-state index in [1.54, 1.807) is 0 Å². The molecule has 1 fully saturated rings. The van der Waals surface area contributed by atoms with Crippen molar-refractivity contribution in [1.82, 2.24) is 10.2 Å². The van der Waals surface area contributed by atoms with Gasteiger partial charge < -0.3 is 15.4 Å². The third-order valence-electron chi connectivity index (χ3n) is 3.46. The highest BCUT2D eigenvalue weighted by molar-refractivity contribution is 5.89. The lowest BCUT2D eigenvalue weighted by molar-refractivity contribution is -0.0288. The number of benzene rings is 1. The van der Waals surface area contributed by atoms with Crippen LogP contribution in [-0.4, -0.2) is 49.8 Å². The van der Waals surface area contributed by atoms with Crippen molar-refractivity contribution < 1.29 is 18.3 Å². The van der Waals surface area contributed by atoms with Crippen LogP contribution >= 0.6 is 0 Å². The molecule has 1 aliphatic rings. The third-order valence-corrected chi connectivity index (χ3v) is 3.46. The van der Waals surface area contributed by atoms with E-state index in [2.05, 4.69) is 29.4 Å². The number of anilines is 1. The summed E-state index contributed by atoms with van der Waals surface area (Å²) >= 11 is 0. The maximum Gasteiger partial charge on any atom is 0.319 e. The van der Waals surface area contributed by atoms with Crippen LogP contribution in [0.25, 0.3) is 0 Å². The molecule has 1 heterocycles. The molecule has 1 atom stereocenters. The Morgan fingerprint density at radius 1 is 1.35 bits per heavy atom. The molecule has 1 saturated heterocycles. The summed E-state index contributed by atoms with van der Waals surface area (Å²) in [6.07, 6.45) is -0.0857. The van der Waals surface area contributed by atoms with E-state index >= 15 is 0 Å². The Balaban J connectivity index is 1.77. The summed E-state index contributed by atoms with van der Waals surface area (Å²) in [6.45, 7) is 7.95. The average molecular weight is 327 g/mol. The van der Waals surface area contributed by atoms with Gasteiger partial charge in [0.2, 0.25) is 0 Å². The fraction of sp³-hybridized carbons (Fsp3) is 0.562. The van der Waals surface area contributed by atoms with E-state index in [-0.39, 0.29) is 11.8 Å². The van der Waals surface area contributed by atoms with E-state index < -0.39 is 17.7 Å². The molecule has 5 nitrogen and oxygen atoms in total. The lowest BCUT2D eigenvalue weighted by atomic mass is 10.2. The quantitative estimate of drug-likeness (QED) is 0.873. The van der Waals surface area contributed by atoms with Gasteiger partial charge in [-0.05, 0) is 18.1 Å². The first-order chi connectivity index (χ1) is 10.9. The van der Waals surface area contributed by atoms with Crippen molar-refractivity contribution in [1.29, 1.82) is 0 Å². The van der Waals surface area contributed by atoms with Crippen LogP contribution in [0.4, 0.5) is 19.3 Å². The Hall–Kier alpha value is -1.73. The number of hydrogen-bond acceptors (Lipinski definition) is 3. The number of carbonyl (C=O) groups excluding carboxylic acids is 1. The van der Waals surface area contributed by atoms with Gasteiger partial charge in [0, 0.05) is 37.9 Å². The Morgan fingerprint density at radius 2 is 2.04 bits per heavy atom. The molecule has 0 spiro atoms. The normalized spacial score (nSPS) is 18.9. The van der Waals surface area contributed by atoms with Crippen molar-refractivity contribution in [3.05, 3.63) is 29.8 Å². The molecule has 0 bridgehead atoms. The summed E-state index contributed by atoms with van der Waals surface area (Å²) < 4.78 is 31.8. The van der Waals surface area contributed by atoms with Crippen LogP contribution in [0.2, 0.25) is 0 Å². The zero-order valence-corrected chi connectivity index (χ0v) is 13.4. The largest absolute Gasteiger partial charge is 0.374 e. The molecule has 0 aliphatic carbocycles. The molecular formula is C16H23F2N3O2. The zero-order chi connectivity index (χ0) is 16.8. The summed E-state index contributed by atoms with van der Waals surface area (Å²) in [5.41, 5.74) is 0.0750. The fourth-order valence-electron chi connectivity index (χ4n) is 2.59. The lowest BCUT2D eigenvalue weighted by Crippen LogP contribution is -2.48. The topological polar surface area (TPSA) is 53.6 Å². The van der Waals surface area contributed by atoms with E-state index in [1.807, 2.05) is 0 Å². The summed E-state index contributed by atoms with van der Waals surface area (Å²) in [5, 5.41) is 5.07. The van der Waals surface area contributed by atoms with Crippen molar-refractivity contribution in [2.24, 2.45) is 5.92 Å². The second-order valence-corrected chi connectivity index (χ2v) is 6.14. The van der Waals surface area contributed by atoms with E-state index in [4.69, 9.17) is 4.74 Å². The van der Waals surface area contributed by atoms with Crippen molar-refractivity contribution in [2.75, 3.05) is 38.1 Å². The molecule has 23 heavy (non-hydrogen) atoms. The predicted molar refractivity (Wildman–Crippen MR) is 84.4 cm³/mol. The van der Waals surface area contributed by atoms with E-state index in [9.17, 15) is 13.6 Å². The minimum absolute atomic E-state index is 0.0750. The third kappa shape index (κ3) is 6.11. The van der Waals surface area contributed by atoms with E-state index in [1.165, 1.54) is 0 Å². The van der Waals surface area contributed by atoms with Gasteiger partial charge in [-0.25, -0.2) is 13.6 Å². The second-order valence-electron chi connectivity index (χ2n) is 6.14. The van der Waals surface area contributed by atoms with Gasteiger partial charge in [-0.2, -0.15) is 0 Å². The number of morpholine rings is 1. The van der Waals surface area contributed by atoms with E-state index in [0.29, 0.717) is 19.1 Å². The molecule has 1 aromatic rings. The number of ether oxygens (including phenoxy) is 1. The highest BCUT2D eigenvalue weighted by Crippen LogP contribution is 2.12. The molecule has 7 heteroatoms. The van der Waals surface area contributed by atoms with Crippen LogP contribution in [0.5, 0.6) is 0 Å². The highest BCUT2D eigenvalue weighted by Gasteiger charge is 2.21. The van der Waals surface area contributed by atoms with Crippen LogP contribution in [-0.2, 0) is 4.74 Å². The molecule has 128 valence electrons. The van der Waals surface area contributed by atoms with Crippen LogP contribution in [0.15, 0.2) is 18.2 Å². The molecule has 2 amide bonds. The van der Waals surface area contributed by atoms with Crippen molar-refractivity contribution in [3.8, 4) is 0 Å². The van der Waals surface area contributed by atoms with Gasteiger partial charge >= 0.3 is 6.03 Å². The Bertz CT molecular complexity index is 520. The number of carbonyl (C=O) groups is 1. The van der Waals surface area contributed by atoms with Crippen LogP contribution in [0.1, 0.15) is 13.8 Å². The smallest absolute Gasteiger partial charge is 0.319 e. The Labute approximate surface area is 135 Å². The maximum absolute atomic E-state index is 13.1. The van der Waals surface area contributed by atoms with E-state index in [0.717, 1.165) is 37.8 Å². The van der Waals surface area contributed by atoms with Gasteiger partial charge in [-0.1, -0.05) is 13.8 Å². The molecular weight excluding hydrogens is 304 g/mol. The summed E-state index contributed by atoms with van der Waals surface area (Å²) in [6, 6.07) is 2.36. The SMILES string of the molecule is CC(C)CN1CCOC(CNC(=O)Nc2cc(F)cc(F)c2)C1. The lowest BCUT2D eigenvalue weighted by Gasteiger charge is -2.33. The van der Waals surface area contributed by atoms with Crippen molar-refractivity contribution in [3.63, 3.8) is 0 Å². The number of nitrogens with zero attached hydrogens (tertiary/aromatic N) is 1. The molecule has 1 aromatic carbocycles. The Morgan fingerprint density at radius 3 is 2.70 bits per heavy atom. The average Bonchev–Trinajstić information content (AvgIpc) is 2.43. The number of rotatable bonds is 5. The van der Waals surface area contributed by atoms with Crippen LogP contribution < -0.4 is 10.6 Å². The van der Waals surface area contributed by atoms with Gasteiger partial charge in [0.05, 0.1) is 12.7 Å². The minimum atomic E-state index is -0.736. The zero-order valence-electron chi connectivity index (χ0n) is 13.4. The number of halogens is 2. The first-order valence-electron chi connectivity index (χ1n) is 7.77. The summed E-state index contributed by atoms with van der Waals surface area (Å²) in [4.78, 5) is 14.1. The number of amides is 2. The van der Waals surface area contributed by atoms with Gasteiger partial charge in [0.1, 0.15) is 11.6 Å². The van der Waals surface area contributed by atoms with Gasteiger partial charge in [-0.15, -0.1) is 0 Å². The van der Waals surface area contributed by atoms with Crippen LogP contribution in [0, 0.1) is 17.6 Å². The van der Waals surface area contributed by atoms with Gasteiger partial charge in [-0.3, -0.25) is 4.90 Å². The monoisotopic (exact) mass is 327 g/mol. The molecule has 2 N–H and O–H groups in total. The second kappa shape index (κ2) is 8.21. The summed E-state index contributed by atoms with van der Waals surface area (Å²) in [5.74, 6) is -0.895. The van der Waals surface area contributed by atoms with Gasteiger partial charge in [0.15, 0.2) is 0 Å². The number of hydrogen-bond donors (Lipinski definition) is 2. The maximum atomic E-state index is 13.1. The number of urea groups is 1. The predicted octanol–water partition coefficient (Wildman–Crippen LogP) is 2.44. The number of nitrogens with one attached hydrogen (secondary N) is 2. The van der Waals surface area contributed by atoms with Crippen LogP contribution in [0.3, 0.4) is 0 Å².